The van der Waals surface area contributed by atoms with Crippen molar-refractivity contribution in [2.45, 2.75) is 38.6 Å². The van der Waals surface area contributed by atoms with Gasteiger partial charge in [-0.15, -0.1) is 0 Å². The van der Waals surface area contributed by atoms with Gasteiger partial charge in [-0.25, -0.2) is 4.79 Å². The summed E-state index contributed by atoms with van der Waals surface area (Å²) in [5.74, 6) is 0.603. The average Bonchev–Trinajstić information content (AvgIpc) is 3.58. The summed E-state index contributed by atoms with van der Waals surface area (Å²) in [5.41, 5.74) is 3.05. The molecule has 1 heterocycles. The summed E-state index contributed by atoms with van der Waals surface area (Å²) in [4.78, 5) is 27.6. The van der Waals surface area contributed by atoms with Crippen molar-refractivity contribution in [3.63, 3.8) is 0 Å². The van der Waals surface area contributed by atoms with Crippen LogP contribution in [0.25, 0.3) is 0 Å². The van der Waals surface area contributed by atoms with Crippen LogP contribution >= 0.6 is 0 Å². The van der Waals surface area contributed by atoms with Crippen LogP contribution in [0.2, 0.25) is 0 Å². The van der Waals surface area contributed by atoms with Crippen LogP contribution < -0.4 is 20.9 Å². The molecule has 7 nitrogen and oxygen atoms in total. The fraction of sp³-hybridized carbons (Fsp3) is 0.375. The molecule has 3 N–H and O–H groups in total. The van der Waals surface area contributed by atoms with Gasteiger partial charge in [-0.2, -0.15) is 5.26 Å². The van der Waals surface area contributed by atoms with E-state index in [0.29, 0.717) is 28.4 Å². The molecule has 160 valence electrons. The zero-order valence-corrected chi connectivity index (χ0v) is 17.6. The fourth-order valence-electron chi connectivity index (χ4n) is 3.77. The van der Waals surface area contributed by atoms with Crippen LogP contribution in [0.5, 0.6) is 0 Å². The number of hydrogen-bond donors (Lipinski definition) is 3. The van der Waals surface area contributed by atoms with Crippen LogP contribution in [0.4, 0.5) is 21.9 Å². The molecule has 2 aromatic carbocycles. The smallest absolute Gasteiger partial charge is 0.323 e. The van der Waals surface area contributed by atoms with Crippen LogP contribution in [-0.4, -0.2) is 31.1 Å². The highest BCUT2D eigenvalue weighted by atomic mass is 16.2. The van der Waals surface area contributed by atoms with Crippen molar-refractivity contribution in [1.82, 2.24) is 5.32 Å². The molecule has 2 aromatic rings. The Bertz CT molecular complexity index is 1020. The van der Waals surface area contributed by atoms with Gasteiger partial charge in [-0.05, 0) is 68.0 Å². The van der Waals surface area contributed by atoms with Crippen molar-refractivity contribution in [2.24, 2.45) is 5.92 Å². The number of carbonyl (C=O) groups is 2. The molecule has 1 aliphatic carbocycles. The number of rotatable bonds is 5. The molecule has 7 heteroatoms. The van der Waals surface area contributed by atoms with Crippen molar-refractivity contribution in [1.29, 1.82) is 5.26 Å². The second kappa shape index (κ2) is 9.09. The Kier molecular flexibility index (Phi) is 6.08. The number of urea groups is 1. The normalized spacial score (nSPS) is 16.3. The van der Waals surface area contributed by atoms with E-state index in [2.05, 4.69) is 33.8 Å². The molecule has 0 aromatic heterocycles. The average molecular weight is 418 g/mol. The lowest BCUT2D eigenvalue weighted by atomic mass is 9.98. The molecule has 31 heavy (non-hydrogen) atoms. The molecular formula is C24H27N5O2. The minimum Gasteiger partial charge on any atom is -0.371 e. The van der Waals surface area contributed by atoms with Crippen LogP contribution in [-0.2, 0) is 0 Å². The standard InChI is InChI=1S/C24H27N5O2/c1-16-9-11-29(12-10-16)22-8-7-20(14-21(22)23(30)26-18-5-6-18)28-24(31)27-19-4-2-3-17(13-19)15-25/h2-4,7-8,13-14,16,18H,5-6,9-12H2,1H3,(H,26,30)(H2,27,28,31). The zero-order chi connectivity index (χ0) is 21.8. The summed E-state index contributed by atoms with van der Waals surface area (Å²) in [7, 11) is 0. The van der Waals surface area contributed by atoms with E-state index in [1.54, 1.807) is 30.3 Å². The van der Waals surface area contributed by atoms with Crippen LogP contribution in [0, 0.1) is 17.2 Å². The molecule has 1 saturated carbocycles. The summed E-state index contributed by atoms with van der Waals surface area (Å²) in [6.45, 7) is 4.11. The van der Waals surface area contributed by atoms with E-state index in [4.69, 9.17) is 5.26 Å². The largest absolute Gasteiger partial charge is 0.371 e. The van der Waals surface area contributed by atoms with E-state index < -0.39 is 6.03 Å². The number of benzene rings is 2. The van der Waals surface area contributed by atoms with E-state index in [-0.39, 0.29) is 11.9 Å². The maximum absolute atomic E-state index is 12.9. The molecule has 0 radical (unpaired) electrons. The Morgan fingerprint density at radius 1 is 1.00 bits per heavy atom. The van der Waals surface area contributed by atoms with Gasteiger partial charge in [0.15, 0.2) is 0 Å². The van der Waals surface area contributed by atoms with Crippen LogP contribution in [0.1, 0.15) is 48.5 Å². The maximum Gasteiger partial charge on any atom is 0.323 e. The van der Waals surface area contributed by atoms with Gasteiger partial charge in [-0.3, -0.25) is 4.79 Å². The van der Waals surface area contributed by atoms with Gasteiger partial charge >= 0.3 is 6.03 Å². The summed E-state index contributed by atoms with van der Waals surface area (Å²) in [5, 5.41) is 17.6. The van der Waals surface area contributed by atoms with E-state index in [1.807, 2.05) is 12.1 Å². The predicted octanol–water partition coefficient (Wildman–Crippen LogP) is 4.33. The van der Waals surface area contributed by atoms with Gasteiger partial charge in [-0.1, -0.05) is 13.0 Å². The molecule has 0 bridgehead atoms. The molecule has 0 atom stereocenters. The molecule has 4 rings (SSSR count). The summed E-state index contributed by atoms with van der Waals surface area (Å²) in [6, 6.07) is 14.1. The Balaban J connectivity index is 1.51. The van der Waals surface area contributed by atoms with E-state index >= 15 is 0 Å². The minimum atomic E-state index is -0.428. The monoisotopic (exact) mass is 417 g/mol. The highest BCUT2D eigenvalue weighted by Gasteiger charge is 2.27. The van der Waals surface area contributed by atoms with Gasteiger partial charge in [0.05, 0.1) is 17.2 Å². The second-order valence-electron chi connectivity index (χ2n) is 8.42. The van der Waals surface area contributed by atoms with Crippen molar-refractivity contribution in [2.75, 3.05) is 28.6 Å². The van der Waals surface area contributed by atoms with E-state index in [0.717, 1.165) is 44.5 Å². The third-order valence-corrected chi connectivity index (χ3v) is 5.79. The Morgan fingerprint density at radius 2 is 1.71 bits per heavy atom. The number of carbonyl (C=O) groups excluding carboxylic acids is 2. The van der Waals surface area contributed by atoms with E-state index in [1.165, 1.54) is 0 Å². The quantitative estimate of drug-likeness (QED) is 0.674. The SMILES string of the molecule is CC1CCN(c2ccc(NC(=O)Nc3cccc(C#N)c3)cc2C(=O)NC2CC2)CC1. The van der Waals surface area contributed by atoms with E-state index in [9.17, 15) is 9.59 Å². The molecule has 1 saturated heterocycles. The number of nitrogens with one attached hydrogen (secondary N) is 3. The molecule has 3 amide bonds. The van der Waals surface area contributed by atoms with Gasteiger partial charge in [0, 0.05) is 36.2 Å². The first-order valence-electron chi connectivity index (χ1n) is 10.8. The number of nitriles is 1. The molecular weight excluding hydrogens is 390 g/mol. The number of piperidine rings is 1. The summed E-state index contributed by atoms with van der Waals surface area (Å²) < 4.78 is 0. The molecule has 0 unspecified atom stereocenters. The first-order valence-corrected chi connectivity index (χ1v) is 10.8. The predicted molar refractivity (Wildman–Crippen MR) is 121 cm³/mol. The van der Waals surface area contributed by atoms with Gasteiger partial charge in [0.2, 0.25) is 0 Å². The number of nitrogens with zero attached hydrogens (tertiary/aromatic N) is 2. The lowest BCUT2D eigenvalue weighted by Gasteiger charge is -2.33. The Labute approximate surface area is 182 Å². The van der Waals surface area contributed by atoms with Gasteiger partial charge < -0.3 is 20.9 Å². The lowest BCUT2D eigenvalue weighted by molar-refractivity contribution is 0.0951. The second-order valence-corrected chi connectivity index (χ2v) is 8.42. The fourth-order valence-corrected chi connectivity index (χ4v) is 3.77. The third kappa shape index (κ3) is 5.34. The first-order chi connectivity index (χ1) is 15.0. The van der Waals surface area contributed by atoms with Crippen molar-refractivity contribution in [3.05, 3.63) is 53.6 Å². The summed E-state index contributed by atoms with van der Waals surface area (Å²) in [6.07, 6.45) is 4.25. The maximum atomic E-state index is 12.9. The topological polar surface area (TPSA) is 97.3 Å². The number of hydrogen-bond acceptors (Lipinski definition) is 4. The highest BCUT2D eigenvalue weighted by Crippen LogP contribution is 2.30. The zero-order valence-electron chi connectivity index (χ0n) is 17.6. The van der Waals surface area contributed by atoms with Crippen molar-refractivity contribution >= 4 is 29.0 Å². The first kappa shape index (κ1) is 20.7. The van der Waals surface area contributed by atoms with Gasteiger partial charge in [0.25, 0.3) is 5.91 Å². The number of amides is 3. The molecule has 2 aliphatic rings. The Hall–Kier alpha value is -3.53. The molecule has 2 fully saturated rings. The minimum absolute atomic E-state index is 0.0955. The summed E-state index contributed by atoms with van der Waals surface area (Å²) >= 11 is 0. The Morgan fingerprint density at radius 3 is 2.39 bits per heavy atom. The van der Waals surface area contributed by atoms with Crippen molar-refractivity contribution in [3.8, 4) is 6.07 Å². The molecule has 0 spiro atoms. The lowest BCUT2D eigenvalue weighted by Crippen LogP contribution is -2.35. The van der Waals surface area contributed by atoms with Crippen LogP contribution in [0.3, 0.4) is 0 Å². The third-order valence-electron chi connectivity index (χ3n) is 5.79. The molecule has 1 aliphatic heterocycles. The number of anilines is 3. The van der Waals surface area contributed by atoms with Gasteiger partial charge in [0.1, 0.15) is 0 Å². The van der Waals surface area contributed by atoms with Crippen molar-refractivity contribution < 1.29 is 9.59 Å². The van der Waals surface area contributed by atoms with Crippen LogP contribution in [0.15, 0.2) is 42.5 Å². The highest BCUT2D eigenvalue weighted by molar-refractivity contribution is 6.04.